The second kappa shape index (κ2) is 5.34. The Balaban J connectivity index is 2.89. The Morgan fingerprint density at radius 1 is 1.20 bits per heavy atom. The topological polar surface area (TPSA) is 0 Å². The van der Waals surface area contributed by atoms with E-state index in [0.29, 0.717) is 5.41 Å². The Morgan fingerprint density at radius 2 is 1.87 bits per heavy atom. The van der Waals surface area contributed by atoms with E-state index < -0.39 is 0 Å². The van der Waals surface area contributed by atoms with E-state index in [1.807, 2.05) is 0 Å². The number of hydrogen-bond donors (Lipinski definition) is 0. The van der Waals surface area contributed by atoms with Crippen LogP contribution in [0.3, 0.4) is 0 Å². The molecule has 0 aliphatic heterocycles. The van der Waals surface area contributed by atoms with E-state index in [2.05, 4.69) is 45.6 Å². The SMILES string of the molecule is C=C1C=CC(C(CC)(CC)CCC)=CC1. The second-order valence-corrected chi connectivity index (χ2v) is 4.59. The predicted octanol–water partition coefficient (Wildman–Crippen LogP) is 5.04. The lowest BCUT2D eigenvalue weighted by atomic mass is 9.70. The van der Waals surface area contributed by atoms with Gasteiger partial charge in [-0.25, -0.2) is 0 Å². The molecule has 0 radical (unpaired) electrons. The molecule has 0 aromatic carbocycles. The summed E-state index contributed by atoms with van der Waals surface area (Å²) in [4.78, 5) is 0. The summed E-state index contributed by atoms with van der Waals surface area (Å²) < 4.78 is 0. The quantitative estimate of drug-likeness (QED) is 0.589. The van der Waals surface area contributed by atoms with Gasteiger partial charge in [-0.3, -0.25) is 0 Å². The summed E-state index contributed by atoms with van der Waals surface area (Å²) in [6.07, 6.45) is 13.0. The lowest BCUT2D eigenvalue weighted by molar-refractivity contribution is 0.303. The Kier molecular flexibility index (Phi) is 4.38. The lowest BCUT2D eigenvalue weighted by Crippen LogP contribution is -2.21. The van der Waals surface area contributed by atoms with Crippen LogP contribution < -0.4 is 0 Å². The molecule has 0 heteroatoms. The van der Waals surface area contributed by atoms with E-state index in [-0.39, 0.29) is 0 Å². The van der Waals surface area contributed by atoms with Crippen LogP contribution in [0.1, 0.15) is 52.9 Å². The third kappa shape index (κ3) is 2.62. The van der Waals surface area contributed by atoms with Crippen molar-refractivity contribution in [3.63, 3.8) is 0 Å². The van der Waals surface area contributed by atoms with Crippen molar-refractivity contribution in [1.29, 1.82) is 0 Å². The summed E-state index contributed by atoms with van der Waals surface area (Å²) in [5, 5.41) is 0. The summed E-state index contributed by atoms with van der Waals surface area (Å²) in [5.74, 6) is 0. The van der Waals surface area contributed by atoms with Gasteiger partial charge in [-0.2, -0.15) is 0 Å². The highest BCUT2D eigenvalue weighted by molar-refractivity contribution is 5.37. The smallest absolute Gasteiger partial charge is 0.00553 e. The first-order valence-electron chi connectivity index (χ1n) is 6.25. The summed E-state index contributed by atoms with van der Waals surface area (Å²) in [6, 6.07) is 0. The van der Waals surface area contributed by atoms with Gasteiger partial charge in [0, 0.05) is 0 Å². The van der Waals surface area contributed by atoms with Gasteiger partial charge >= 0.3 is 0 Å². The van der Waals surface area contributed by atoms with E-state index in [1.54, 1.807) is 5.57 Å². The Morgan fingerprint density at radius 3 is 2.27 bits per heavy atom. The minimum Gasteiger partial charge on any atom is -0.0955 e. The normalized spacial score (nSPS) is 16.7. The molecular weight excluding hydrogens is 180 g/mol. The van der Waals surface area contributed by atoms with Gasteiger partial charge in [0.2, 0.25) is 0 Å². The zero-order valence-electron chi connectivity index (χ0n) is 10.5. The van der Waals surface area contributed by atoms with Crippen LogP contribution in [-0.2, 0) is 0 Å². The largest absolute Gasteiger partial charge is 0.0955 e. The molecule has 0 heterocycles. The van der Waals surface area contributed by atoms with Crippen LogP contribution in [0.4, 0.5) is 0 Å². The highest BCUT2D eigenvalue weighted by atomic mass is 14.3. The fraction of sp³-hybridized carbons (Fsp3) is 0.600. The minimum absolute atomic E-state index is 0.423. The van der Waals surface area contributed by atoms with E-state index in [9.17, 15) is 0 Å². The van der Waals surface area contributed by atoms with Gasteiger partial charge < -0.3 is 0 Å². The number of rotatable bonds is 5. The molecule has 1 aliphatic carbocycles. The molecule has 0 aromatic heterocycles. The molecule has 0 unspecified atom stereocenters. The van der Waals surface area contributed by atoms with E-state index >= 15 is 0 Å². The lowest BCUT2D eigenvalue weighted by Gasteiger charge is -2.34. The number of allylic oxidation sites excluding steroid dienone is 5. The fourth-order valence-electron chi connectivity index (χ4n) is 2.61. The summed E-state index contributed by atoms with van der Waals surface area (Å²) in [5.41, 5.74) is 3.20. The van der Waals surface area contributed by atoms with Crippen LogP contribution >= 0.6 is 0 Å². The first-order chi connectivity index (χ1) is 7.18. The van der Waals surface area contributed by atoms with Crippen LogP contribution in [0.15, 0.2) is 36.0 Å². The van der Waals surface area contributed by atoms with Crippen LogP contribution in [-0.4, -0.2) is 0 Å². The molecule has 0 bridgehead atoms. The fourth-order valence-corrected chi connectivity index (χ4v) is 2.61. The zero-order chi connectivity index (χ0) is 11.3. The molecule has 84 valence electrons. The average Bonchev–Trinajstić information content (AvgIpc) is 2.27. The van der Waals surface area contributed by atoms with Crippen molar-refractivity contribution < 1.29 is 0 Å². The second-order valence-electron chi connectivity index (χ2n) is 4.59. The van der Waals surface area contributed by atoms with Crippen molar-refractivity contribution in [2.24, 2.45) is 5.41 Å². The van der Waals surface area contributed by atoms with Crippen LogP contribution in [0.2, 0.25) is 0 Å². The zero-order valence-corrected chi connectivity index (χ0v) is 10.5. The van der Waals surface area contributed by atoms with Gasteiger partial charge in [0.25, 0.3) is 0 Å². The van der Waals surface area contributed by atoms with Gasteiger partial charge in [0.15, 0.2) is 0 Å². The molecule has 0 aromatic rings. The average molecular weight is 204 g/mol. The van der Waals surface area contributed by atoms with E-state index in [0.717, 1.165) is 6.42 Å². The first-order valence-corrected chi connectivity index (χ1v) is 6.25. The van der Waals surface area contributed by atoms with Crippen LogP contribution in [0, 0.1) is 5.41 Å². The third-order valence-corrected chi connectivity index (χ3v) is 3.78. The highest BCUT2D eigenvalue weighted by Gasteiger charge is 2.28. The van der Waals surface area contributed by atoms with Crippen molar-refractivity contribution in [2.75, 3.05) is 0 Å². The molecule has 1 rings (SSSR count). The molecule has 0 amide bonds. The third-order valence-electron chi connectivity index (χ3n) is 3.78. The van der Waals surface area contributed by atoms with Crippen molar-refractivity contribution in [2.45, 2.75) is 52.9 Å². The van der Waals surface area contributed by atoms with Crippen molar-refractivity contribution in [3.05, 3.63) is 36.0 Å². The maximum Gasteiger partial charge on any atom is -0.00553 e. The van der Waals surface area contributed by atoms with Crippen LogP contribution in [0.25, 0.3) is 0 Å². The molecule has 0 N–H and O–H groups in total. The monoisotopic (exact) mass is 204 g/mol. The van der Waals surface area contributed by atoms with E-state index in [1.165, 1.54) is 31.3 Å². The maximum atomic E-state index is 4.00. The molecule has 0 atom stereocenters. The molecule has 1 aliphatic rings. The summed E-state index contributed by atoms with van der Waals surface area (Å²) in [7, 11) is 0. The van der Waals surface area contributed by atoms with Gasteiger partial charge in [0.1, 0.15) is 0 Å². The van der Waals surface area contributed by atoms with Crippen molar-refractivity contribution >= 4 is 0 Å². The molecule has 0 saturated carbocycles. The number of hydrogen-bond acceptors (Lipinski definition) is 0. The first kappa shape index (κ1) is 12.3. The molecule has 0 fully saturated rings. The minimum atomic E-state index is 0.423. The molecule has 15 heavy (non-hydrogen) atoms. The molecular formula is C15H24. The molecule has 0 spiro atoms. The summed E-state index contributed by atoms with van der Waals surface area (Å²) >= 11 is 0. The Hall–Kier alpha value is -0.780. The van der Waals surface area contributed by atoms with Crippen LogP contribution in [0.5, 0.6) is 0 Å². The van der Waals surface area contributed by atoms with Gasteiger partial charge in [-0.1, -0.05) is 57.6 Å². The van der Waals surface area contributed by atoms with Gasteiger partial charge in [-0.05, 0) is 36.7 Å². The van der Waals surface area contributed by atoms with Crippen molar-refractivity contribution in [1.82, 2.24) is 0 Å². The van der Waals surface area contributed by atoms with Gasteiger partial charge in [-0.15, -0.1) is 0 Å². The molecule has 0 nitrogen and oxygen atoms in total. The highest BCUT2D eigenvalue weighted by Crippen LogP contribution is 2.42. The van der Waals surface area contributed by atoms with Crippen molar-refractivity contribution in [3.8, 4) is 0 Å². The Labute approximate surface area is 94.8 Å². The standard InChI is InChI=1S/C15H24/c1-5-12-15(6-2,7-3)14-10-8-13(4)9-11-14/h8,10-11H,4-7,9,12H2,1-3H3. The predicted molar refractivity (Wildman–Crippen MR) is 68.9 cm³/mol. The molecule has 0 saturated heterocycles. The van der Waals surface area contributed by atoms with Gasteiger partial charge in [0.05, 0.1) is 0 Å². The maximum absolute atomic E-state index is 4.00. The van der Waals surface area contributed by atoms with E-state index in [4.69, 9.17) is 0 Å². The Bertz CT molecular complexity index is 274. The summed E-state index contributed by atoms with van der Waals surface area (Å²) in [6.45, 7) is 10.9.